The zero-order chi connectivity index (χ0) is 14.6. The molecule has 1 aliphatic heterocycles. The van der Waals surface area contributed by atoms with Crippen LogP contribution in [0.2, 0.25) is 0 Å². The van der Waals surface area contributed by atoms with Crippen LogP contribution < -0.4 is 5.73 Å². The van der Waals surface area contributed by atoms with Crippen LogP contribution in [0.4, 0.5) is 0 Å². The van der Waals surface area contributed by atoms with E-state index < -0.39 is 0 Å². The summed E-state index contributed by atoms with van der Waals surface area (Å²) in [6.07, 6.45) is 7.31. The molecule has 3 unspecified atom stereocenters. The maximum absolute atomic E-state index is 12.7. The smallest absolute Gasteiger partial charge is 0.259 e. The van der Waals surface area contributed by atoms with Gasteiger partial charge in [-0.05, 0) is 40.6 Å². The number of likely N-dealkylation sites (tertiary alicyclic amines) is 1. The van der Waals surface area contributed by atoms with Gasteiger partial charge >= 0.3 is 0 Å². The van der Waals surface area contributed by atoms with Crippen LogP contribution in [0.5, 0.6) is 0 Å². The summed E-state index contributed by atoms with van der Waals surface area (Å²) in [5.74, 6) is 1.03. The third-order valence-corrected chi connectivity index (χ3v) is 5.16. The lowest BCUT2D eigenvalue weighted by atomic mass is 9.98. The highest BCUT2D eigenvalue weighted by Gasteiger charge is 2.43. The Bertz CT molecular complexity index is 714. The van der Waals surface area contributed by atoms with Crippen molar-refractivity contribution >= 4 is 27.5 Å². The van der Waals surface area contributed by atoms with Gasteiger partial charge in [0.05, 0.1) is 10.7 Å². The molecule has 3 heterocycles. The van der Waals surface area contributed by atoms with Crippen molar-refractivity contribution in [3.05, 3.63) is 28.6 Å². The molecule has 2 N–H and O–H groups in total. The number of hydrogen-bond donors (Lipinski definition) is 1. The number of carbonyl (C=O) groups excluding carboxylic acids is 1. The molecule has 2 aliphatic rings. The van der Waals surface area contributed by atoms with Gasteiger partial charge in [-0.3, -0.25) is 4.79 Å². The van der Waals surface area contributed by atoms with Crippen LogP contribution in [0, 0.1) is 11.8 Å². The maximum atomic E-state index is 12.7. The Morgan fingerprint density at radius 2 is 2.19 bits per heavy atom. The summed E-state index contributed by atoms with van der Waals surface area (Å²) in [6.45, 7) is 1.57. The van der Waals surface area contributed by atoms with E-state index in [1.807, 2.05) is 4.90 Å². The highest BCUT2D eigenvalue weighted by atomic mass is 79.9. The fraction of sp³-hybridized carbons (Fsp3) is 0.500. The molecule has 0 spiro atoms. The van der Waals surface area contributed by atoms with Crippen LogP contribution in [0.3, 0.4) is 0 Å². The van der Waals surface area contributed by atoms with Crippen LogP contribution in [-0.2, 0) is 0 Å². The van der Waals surface area contributed by atoms with Gasteiger partial charge in [0.15, 0.2) is 5.65 Å². The van der Waals surface area contributed by atoms with Gasteiger partial charge in [0.1, 0.15) is 5.56 Å². The van der Waals surface area contributed by atoms with E-state index >= 15 is 0 Å². The first-order chi connectivity index (χ1) is 10.1. The summed E-state index contributed by atoms with van der Waals surface area (Å²) in [5.41, 5.74) is 7.30. The molecule has 0 bridgehead atoms. The van der Waals surface area contributed by atoms with E-state index in [-0.39, 0.29) is 11.9 Å². The summed E-state index contributed by atoms with van der Waals surface area (Å²) in [6, 6.07) is 0.241. The molecule has 2 fully saturated rings. The van der Waals surface area contributed by atoms with Crippen molar-refractivity contribution in [1.82, 2.24) is 19.5 Å². The van der Waals surface area contributed by atoms with Crippen molar-refractivity contribution < 1.29 is 4.79 Å². The minimum absolute atomic E-state index is 0.0152. The van der Waals surface area contributed by atoms with E-state index in [2.05, 4.69) is 26.0 Å². The molecule has 0 radical (unpaired) electrons. The predicted octanol–water partition coefficient (Wildman–Crippen LogP) is 1.30. The lowest BCUT2D eigenvalue weighted by Gasteiger charge is -2.18. The van der Waals surface area contributed by atoms with Crippen LogP contribution in [0.25, 0.3) is 5.65 Å². The monoisotopic (exact) mass is 349 g/mol. The van der Waals surface area contributed by atoms with Crippen LogP contribution in [-0.4, -0.2) is 44.5 Å². The Labute approximate surface area is 130 Å². The average Bonchev–Trinajstić information content (AvgIpc) is 3.14. The van der Waals surface area contributed by atoms with E-state index in [0.29, 0.717) is 23.0 Å². The summed E-state index contributed by atoms with van der Waals surface area (Å²) in [4.78, 5) is 18.9. The van der Waals surface area contributed by atoms with Gasteiger partial charge in [-0.25, -0.2) is 9.50 Å². The largest absolute Gasteiger partial charge is 0.338 e. The molecular formula is C14H16BrN5O. The zero-order valence-corrected chi connectivity index (χ0v) is 13.0. The van der Waals surface area contributed by atoms with Gasteiger partial charge < -0.3 is 10.6 Å². The molecule has 1 amide bonds. The molecule has 7 heteroatoms. The molecule has 1 saturated heterocycles. The topological polar surface area (TPSA) is 76.5 Å². The summed E-state index contributed by atoms with van der Waals surface area (Å²) in [7, 11) is 0. The van der Waals surface area contributed by atoms with Gasteiger partial charge in [0.25, 0.3) is 5.91 Å². The number of aromatic nitrogens is 3. The Morgan fingerprint density at radius 3 is 3.00 bits per heavy atom. The van der Waals surface area contributed by atoms with E-state index in [1.165, 1.54) is 0 Å². The highest BCUT2D eigenvalue weighted by molar-refractivity contribution is 9.10. The SMILES string of the molecule is NC1CCC2CN(C(=O)c3cnn4cc(Br)cnc34)CC12. The normalized spacial score (nSPS) is 28.3. The Kier molecular flexibility index (Phi) is 3.00. The molecule has 1 saturated carbocycles. The van der Waals surface area contributed by atoms with Crippen LogP contribution in [0.1, 0.15) is 23.2 Å². The second-order valence-electron chi connectivity index (χ2n) is 5.97. The summed E-state index contributed by atoms with van der Waals surface area (Å²) in [5, 5.41) is 4.21. The average molecular weight is 350 g/mol. The predicted molar refractivity (Wildman–Crippen MR) is 80.8 cm³/mol. The number of fused-ring (bicyclic) bond motifs is 2. The third-order valence-electron chi connectivity index (χ3n) is 4.75. The minimum atomic E-state index is 0.0152. The fourth-order valence-corrected chi connectivity index (χ4v) is 3.94. The fourth-order valence-electron chi connectivity index (χ4n) is 3.65. The van der Waals surface area contributed by atoms with Crippen molar-refractivity contribution in [3.63, 3.8) is 0 Å². The standard InChI is InChI=1S/C14H16BrN5O/c15-9-3-17-13-10(4-18-20(13)6-9)14(21)19-5-8-1-2-12(16)11(8)7-19/h3-4,6,8,11-12H,1-2,5,7,16H2. The molecule has 2 aromatic heterocycles. The Balaban J connectivity index is 1.62. The molecule has 110 valence electrons. The molecular weight excluding hydrogens is 334 g/mol. The molecule has 6 nitrogen and oxygen atoms in total. The molecule has 2 aromatic rings. The first kappa shape index (κ1) is 13.2. The van der Waals surface area contributed by atoms with E-state index in [1.54, 1.807) is 23.1 Å². The van der Waals surface area contributed by atoms with Crippen molar-refractivity contribution in [2.24, 2.45) is 17.6 Å². The molecule has 1 aliphatic carbocycles. The molecule has 3 atom stereocenters. The van der Waals surface area contributed by atoms with Gasteiger partial charge in [-0.15, -0.1) is 0 Å². The number of hydrogen-bond acceptors (Lipinski definition) is 4. The van der Waals surface area contributed by atoms with Crippen molar-refractivity contribution in [2.75, 3.05) is 13.1 Å². The van der Waals surface area contributed by atoms with Gasteiger partial charge in [-0.1, -0.05) is 0 Å². The highest BCUT2D eigenvalue weighted by Crippen LogP contribution is 2.37. The molecule has 4 rings (SSSR count). The molecule has 0 aromatic carbocycles. The van der Waals surface area contributed by atoms with E-state index in [4.69, 9.17) is 5.73 Å². The van der Waals surface area contributed by atoms with E-state index in [0.717, 1.165) is 30.4 Å². The third kappa shape index (κ3) is 2.06. The zero-order valence-electron chi connectivity index (χ0n) is 11.4. The second-order valence-corrected chi connectivity index (χ2v) is 6.89. The first-order valence-corrected chi connectivity index (χ1v) is 7.96. The summed E-state index contributed by atoms with van der Waals surface area (Å²) >= 11 is 3.35. The Morgan fingerprint density at radius 1 is 1.33 bits per heavy atom. The first-order valence-electron chi connectivity index (χ1n) is 7.17. The van der Waals surface area contributed by atoms with Crippen molar-refractivity contribution in [2.45, 2.75) is 18.9 Å². The Hall–Kier alpha value is -1.47. The summed E-state index contributed by atoms with van der Waals surface area (Å²) < 4.78 is 2.46. The number of nitrogens with zero attached hydrogens (tertiary/aromatic N) is 4. The lowest BCUT2D eigenvalue weighted by molar-refractivity contribution is 0.0781. The minimum Gasteiger partial charge on any atom is -0.338 e. The van der Waals surface area contributed by atoms with Gasteiger partial charge in [-0.2, -0.15) is 5.10 Å². The number of nitrogens with two attached hydrogens (primary N) is 1. The van der Waals surface area contributed by atoms with Crippen LogP contribution >= 0.6 is 15.9 Å². The number of halogens is 1. The van der Waals surface area contributed by atoms with E-state index in [9.17, 15) is 4.79 Å². The van der Waals surface area contributed by atoms with Crippen molar-refractivity contribution in [1.29, 1.82) is 0 Å². The number of amides is 1. The van der Waals surface area contributed by atoms with Gasteiger partial charge in [0, 0.05) is 31.5 Å². The van der Waals surface area contributed by atoms with Crippen LogP contribution in [0.15, 0.2) is 23.1 Å². The number of carbonyl (C=O) groups is 1. The maximum Gasteiger partial charge on any atom is 0.259 e. The molecule has 21 heavy (non-hydrogen) atoms. The second kappa shape index (κ2) is 4.78. The number of rotatable bonds is 1. The van der Waals surface area contributed by atoms with Gasteiger partial charge in [0.2, 0.25) is 0 Å². The lowest BCUT2D eigenvalue weighted by Crippen LogP contribution is -2.33. The quantitative estimate of drug-likeness (QED) is 0.841. The van der Waals surface area contributed by atoms with Crippen molar-refractivity contribution in [3.8, 4) is 0 Å².